The fourth-order valence-electron chi connectivity index (χ4n) is 1.41. The van der Waals surface area contributed by atoms with E-state index in [4.69, 9.17) is 5.11 Å². The summed E-state index contributed by atoms with van der Waals surface area (Å²) in [5.74, 6) is -3.70. The lowest BCUT2D eigenvalue weighted by Crippen LogP contribution is -2.33. The molecule has 0 amide bonds. The fourth-order valence-corrected chi connectivity index (χ4v) is 1.41. The zero-order valence-corrected chi connectivity index (χ0v) is 8.03. The Labute approximate surface area is 76.9 Å². The molecule has 0 bridgehead atoms. The fraction of sp³-hybridized carbons (Fsp3) is 0.667. The molecule has 0 fully saturated rings. The summed E-state index contributed by atoms with van der Waals surface area (Å²) >= 11 is 0. The molecule has 0 saturated carbocycles. The third kappa shape index (κ3) is 2.97. The Kier molecular flexibility index (Phi) is 4.31. The van der Waals surface area contributed by atoms with Crippen molar-refractivity contribution in [3.63, 3.8) is 0 Å². The Bertz CT molecular complexity index is 218. The van der Waals surface area contributed by atoms with Crippen molar-refractivity contribution in [2.75, 3.05) is 0 Å². The second kappa shape index (κ2) is 4.74. The number of Topliss-reactive ketones (excluding diaryl/α,β-unsaturated/α-hetero) is 2. The largest absolute Gasteiger partial charge is 0.481 e. The molecule has 1 unspecified atom stereocenters. The standard InChI is InChI=1S/C9H14O4/c1-4-7(9(12)13)8(5(2)10)6(3)11/h7-8H,4H2,1-3H3,(H,12,13). The first-order valence-electron chi connectivity index (χ1n) is 4.15. The molecule has 1 N–H and O–H groups in total. The molecular weight excluding hydrogens is 172 g/mol. The van der Waals surface area contributed by atoms with Crippen LogP contribution in [-0.4, -0.2) is 22.6 Å². The van der Waals surface area contributed by atoms with Gasteiger partial charge in [0.15, 0.2) is 0 Å². The summed E-state index contributed by atoms with van der Waals surface area (Å²) in [4.78, 5) is 32.7. The van der Waals surface area contributed by atoms with Gasteiger partial charge < -0.3 is 5.11 Å². The Balaban J connectivity index is 4.80. The molecule has 0 radical (unpaired) electrons. The number of carbonyl (C=O) groups excluding carboxylic acids is 2. The van der Waals surface area contributed by atoms with Gasteiger partial charge in [0, 0.05) is 0 Å². The molecule has 74 valence electrons. The number of hydrogen-bond acceptors (Lipinski definition) is 3. The van der Waals surface area contributed by atoms with E-state index in [1.807, 2.05) is 0 Å². The average molecular weight is 186 g/mol. The highest BCUT2D eigenvalue weighted by Crippen LogP contribution is 2.18. The predicted molar refractivity (Wildman–Crippen MR) is 46.3 cm³/mol. The summed E-state index contributed by atoms with van der Waals surface area (Å²) in [6.07, 6.45) is 0.291. The molecule has 0 aliphatic heterocycles. The highest BCUT2D eigenvalue weighted by molar-refractivity contribution is 6.03. The van der Waals surface area contributed by atoms with Gasteiger partial charge in [-0.15, -0.1) is 0 Å². The van der Waals surface area contributed by atoms with E-state index in [1.165, 1.54) is 13.8 Å². The first-order chi connectivity index (χ1) is 5.91. The molecule has 0 aromatic carbocycles. The van der Waals surface area contributed by atoms with Crippen molar-refractivity contribution in [3.05, 3.63) is 0 Å². The first kappa shape index (κ1) is 11.8. The van der Waals surface area contributed by atoms with Crippen molar-refractivity contribution in [3.8, 4) is 0 Å². The van der Waals surface area contributed by atoms with Gasteiger partial charge in [0.25, 0.3) is 0 Å². The van der Waals surface area contributed by atoms with Crippen LogP contribution in [0.3, 0.4) is 0 Å². The van der Waals surface area contributed by atoms with Gasteiger partial charge >= 0.3 is 5.97 Å². The van der Waals surface area contributed by atoms with E-state index in [2.05, 4.69) is 0 Å². The van der Waals surface area contributed by atoms with Crippen molar-refractivity contribution < 1.29 is 19.5 Å². The molecule has 0 aliphatic carbocycles. The van der Waals surface area contributed by atoms with Gasteiger partial charge in [-0.3, -0.25) is 14.4 Å². The molecule has 0 saturated heterocycles. The molecule has 0 aliphatic rings. The molecule has 4 heteroatoms. The Morgan fingerprint density at radius 1 is 1.15 bits per heavy atom. The van der Waals surface area contributed by atoms with Crippen molar-refractivity contribution in [1.29, 1.82) is 0 Å². The maximum absolute atomic E-state index is 11.0. The summed E-state index contributed by atoms with van der Waals surface area (Å²) < 4.78 is 0. The number of rotatable bonds is 5. The smallest absolute Gasteiger partial charge is 0.307 e. The molecule has 0 heterocycles. The monoisotopic (exact) mass is 186 g/mol. The quantitative estimate of drug-likeness (QED) is 0.647. The molecule has 0 rings (SSSR count). The van der Waals surface area contributed by atoms with Gasteiger partial charge in [0.2, 0.25) is 0 Å². The Morgan fingerprint density at radius 2 is 1.54 bits per heavy atom. The van der Waals surface area contributed by atoms with E-state index in [-0.39, 0.29) is 11.6 Å². The van der Waals surface area contributed by atoms with E-state index >= 15 is 0 Å². The van der Waals surface area contributed by atoms with Crippen molar-refractivity contribution in [1.82, 2.24) is 0 Å². The average Bonchev–Trinajstić information content (AvgIpc) is 1.97. The number of ketones is 2. The van der Waals surface area contributed by atoms with Crippen LogP contribution < -0.4 is 0 Å². The van der Waals surface area contributed by atoms with Crippen LogP contribution in [0.2, 0.25) is 0 Å². The lowest BCUT2D eigenvalue weighted by molar-refractivity contribution is -0.149. The molecular formula is C9H14O4. The van der Waals surface area contributed by atoms with Gasteiger partial charge in [0.05, 0.1) is 11.8 Å². The summed E-state index contributed by atoms with van der Waals surface area (Å²) in [6, 6.07) is 0. The van der Waals surface area contributed by atoms with Gasteiger partial charge in [0.1, 0.15) is 11.6 Å². The zero-order valence-electron chi connectivity index (χ0n) is 8.03. The van der Waals surface area contributed by atoms with Crippen molar-refractivity contribution in [2.24, 2.45) is 11.8 Å². The predicted octanol–water partition coefficient (Wildman–Crippen LogP) is 0.891. The van der Waals surface area contributed by atoms with Crippen LogP contribution in [0.25, 0.3) is 0 Å². The molecule has 13 heavy (non-hydrogen) atoms. The van der Waals surface area contributed by atoms with Gasteiger partial charge in [-0.25, -0.2) is 0 Å². The summed E-state index contributed by atoms with van der Waals surface area (Å²) in [6.45, 7) is 4.15. The van der Waals surface area contributed by atoms with Crippen LogP contribution in [0.15, 0.2) is 0 Å². The summed E-state index contributed by atoms with van der Waals surface area (Å²) in [5.41, 5.74) is 0. The van der Waals surface area contributed by atoms with Crippen LogP contribution in [0.1, 0.15) is 27.2 Å². The van der Waals surface area contributed by atoms with E-state index in [0.29, 0.717) is 6.42 Å². The number of carboxylic acids is 1. The highest BCUT2D eigenvalue weighted by atomic mass is 16.4. The van der Waals surface area contributed by atoms with Crippen molar-refractivity contribution >= 4 is 17.5 Å². The van der Waals surface area contributed by atoms with Crippen LogP contribution in [0.4, 0.5) is 0 Å². The highest BCUT2D eigenvalue weighted by Gasteiger charge is 2.33. The first-order valence-corrected chi connectivity index (χ1v) is 4.15. The lowest BCUT2D eigenvalue weighted by Gasteiger charge is -2.16. The normalized spacial score (nSPS) is 12.6. The van der Waals surface area contributed by atoms with Crippen LogP contribution in [0.5, 0.6) is 0 Å². The number of aliphatic carboxylic acids is 1. The Hall–Kier alpha value is -1.19. The van der Waals surface area contributed by atoms with Crippen LogP contribution in [0, 0.1) is 11.8 Å². The molecule has 0 spiro atoms. The zero-order chi connectivity index (χ0) is 10.6. The van der Waals surface area contributed by atoms with E-state index < -0.39 is 17.8 Å². The maximum Gasteiger partial charge on any atom is 0.307 e. The second-order valence-corrected chi connectivity index (χ2v) is 3.05. The number of hydrogen-bond donors (Lipinski definition) is 1. The molecule has 0 aromatic heterocycles. The summed E-state index contributed by atoms with van der Waals surface area (Å²) in [5, 5.41) is 8.74. The Morgan fingerprint density at radius 3 is 1.62 bits per heavy atom. The third-order valence-corrected chi connectivity index (χ3v) is 2.04. The molecule has 1 atom stereocenters. The van der Waals surface area contributed by atoms with Gasteiger partial charge in [-0.05, 0) is 20.3 Å². The second-order valence-electron chi connectivity index (χ2n) is 3.05. The lowest BCUT2D eigenvalue weighted by atomic mass is 9.84. The minimum Gasteiger partial charge on any atom is -0.481 e. The minimum absolute atomic E-state index is 0.291. The topological polar surface area (TPSA) is 71.4 Å². The SMILES string of the molecule is CCC(C(=O)O)C(C(C)=O)C(C)=O. The van der Waals surface area contributed by atoms with E-state index in [9.17, 15) is 14.4 Å². The number of carboxylic acid groups (broad SMARTS) is 1. The van der Waals surface area contributed by atoms with Gasteiger partial charge in [-0.1, -0.05) is 6.92 Å². The van der Waals surface area contributed by atoms with Gasteiger partial charge in [-0.2, -0.15) is 0 Å². The van der Waals surface area contributed by atoms with Crippen LogP contribution >= 0.6 is 0 Å². The summed E-state index contributed by atoms with van der Waals surface area (Å²) in [7, 11) is 0. The minimum atomic E-state index is -1.09. The molecule has 4 nitrogen and oxygen atoms in total. The number of carbonyl (C=O) groups is 3. The van der Waals surface area contributed by atoms with Crippen molar-refractivity contribution in [2.45, 2.75) is 27.2 Å². The van der Waals surface area contributed by atoms with E-state index in [1.54, 1.807) is 6.92 Å². The third-order valence-electron chi connectivity index (χ3n) is 2.04. The molecule has 0 aromatic rings. The maximum atomic E-state index is 11.0. The van der Waals surface area contributed by atoms with Crippen LogP contribution in [-0.2, 0) is 14.4 Å². The van der Waals surface area contributed by atoms with E-state index in [0.717, 1.165) is 0 Å².